The van der Waals surface area contributed by atoms with E-state index < -0.39 is 5.97 Å². The monoisotopic (exact) mass is 291 g/mol. The first-order valence-electron chi connectivity index (χ1n) is 6.84. The summed E-state index contributed by atoms with van der Waals surface area (Å²) in [5.74, 6) is 0.172. The molecule has 0 aliphatic carbocycles. The van der Waals surface area contributed by atoms with E-state index in [1.807, 2.05) is 6.92 Å². The highest BCUT2D eigenvalue weighted by Gasteiger charge is 2.06. The van der Waals surface area contributed by atoms with Gasteiger partial charge in [0.2, 0.25) is 0 Å². The van der Waals surface area contributed by atoms with Gasteiger partial charge in [0.25, 0.3) is 5.91 Å². The van der Waals surface area contributed by atoms with E-state index in [9.17, 15) is 9.59 Å². The molecule has 5 heteroatoms. The van der Waals surface area contributed by atoms with Crippen LogP contribution in [0.2, 0.25) is 0 Å². The minimum Gasteiger partial charge on any atom is -0.494 e. The maximum atomic E-state index is 11.4. The molecular weight excluding hydrogens is 270 g/mol. The Morgan fingerprint density at radius 2 is 2.00 bits per heavy atom. The molecule has 0 aliphatic heterocycles. The summed E-state index contributed by atoms with van der Waals surface area (Å²) >= 11 is 0. The van der Waals surface area contributed by atoms with Crippen LogP contribution in [0.1, 0.15) is 30.1 Å². The molecule has 0 saturated carbocycles. The lowest BCUT2D eigenvalue weighted by Crippen LogP contribution is -2.17. The van der Waals surface area contributed by atoms with Crippen molar-refractivity contribution in [2.24, 2.45) is 0 Å². The third-order valence-electron chi connectivity index (χ3n) is 2.85. The van der Waals surface area contributed by atoms with Crippen LogP contribution in [0.15, 0.2) is 36.9 Å². The molecule has 5 nitrogen and oxygen atoms in total. The average molecular weight is 291 g/mol. The van der Waals surface area contributed by atoms with Crippen LogP contribution in [0.4, 0.5) is 0 Å². The van der Waals surface area contributed by atoms with E-state index in [2.05, 4.69) is 11.9 Å². The van der Waals surface area contributed by atoms with Crippen LogP contribution in [0, 0.1) is 0 Å². The summed E-state index contributed by atoms with van der Waals surface area (Å²) in [4.78, 5) is 22.4. The fraction of sp³-hybridized carbons (Fsp3) is 0.375. The normalized spacial score (nSPS) is 11.3. The zero-order valence-electron chi connectivity index (χ0n) is 12.4. The van der Waals surface area contributed by atoms with Gasteiger partial charge in [-0.3, -0.25) is 4.79 Å². The van der Waals surface area contributed by atoms with Gasteiger partial charge in [0.05, 0.1) is 12.7 Å². The molecule has 1 aromatic rings. The quantitative estimate of drug-likeness (QED) is 0.453. The third-order valence-corrected chi connectivity index (χ3v) is 2.85. The van der Waals surface area contributed by atoms with Crippen molar-refractivity contribution in [1.82, 2.24) is 5.32 Å². The van der Waals surface area contributed by atoms with Crippen LogP contribution >= 0.6 is 0 Å². The molecule has 0 aliphatic rings. The summed E-state index contributed by atoms with van der Waals surface area (Å²) in [5, 5.41) is 2.56. The van der Waals surface area contributed by atoms with Gasteiger partial charge in [-0.25, -0.2) is 4.79 Å². The molecule has 1 aromatic carbocycles. The molecule has 1 unspecified atom stereocenters. The predicted octanol–water partition coefficient (Wildman–Crippen LogP) is 2.32. The van der Waals surface area contributed by atoms with Gasteiger partial charge in [0, 0.05) is 18.7 Å². The maximum absolute atomic E-state index is 11.4. The van der Waals surface area contributed by atoms with Gasteiger partial charge in [0.15, 0.2) is 0 Å². The van der Waals surface area contributed by atoms with Crippen molar-refractivity contribution < 1.29 is 19.1 Å². The van der Waals surface area contributed by atoms with Crippen LogP contribution in [-0.4, -0.2) is 31.6 Å². The molecule has 0 spiro atoms. The van der Waals surface area contributed by atoms with Crippen LogP contribution in [-0.2, 0) is 9.53 Å². The summed E-state index contributed by atoms with van der Waals surface area (Å²) in [7, 11) is 1.59. The second-order valence-electron chi connectivity index (χ2n) is 4.55. The molecule has 0 radical (unpaired) electrons. The largest absolute Gasteiger partial charge is 0.494 e. The highest BCUT2D eigenvalue weighted by atomic mass is 16.5. The van der Waals surface area contributed by atoms with Gasteiger partial charge in [0.1, 0.15) is 5.75 Å². The van der Waals surface area contributed by atoms with E-state index >= 15 is 0 Å². The summed E-state index contributed by atoms with van der Waals surface area (Å²) in [5.41, 5.74) is 0.592. The van der Waals surface area contributed by atoms with Crippen molar-refractivity contribution in [2.75, 3.05) is 13.7 Å². The second kappa shape index (κ2) is 8.79. The third kappa shape index (κ3) is 6.12. The zero-order chi connectivity index (χ0) is 15.7. The van der Waals surface area contributed by atoms with Crippen molar-refractivity contribution in [2.45, 2.75) is 25.9 Å². The lowest BCUT2D eigenvalue weighted by atomic mass is 10.2. The molecule has 0 bridgehead atoms. The fourth-order valence-electron chi connectivity index (χ4n) is 1.71. The first-order valence-corrected chi connectivity index (χ1v) is 6.84. The maximum Gasteiger partial charge on any atom is 0.330 e. The van der Waals surface area contributed by atoms with Crippen LogP contribution < -0.4 is 10.1 Å². The molecule has 114 valence electrons. The van der Waals surface area contributed by atoms with E-state index in [0.29, 0.717) is 17.9 Å². The number of hydrogen-bond acceptors (Lipinski definition) is 4. The first-order chi connectivity index (χ1) is 10.1. The van der Waals surface area contributed by atoms with Crippen molar-refractivity contribution >= 4 is 11.9 Å². The number of carbonyl (C=O) groups is 2. The van der Waals surface area contributed by atoms with Crippen molar-refractivity contribution in [3.05, 3.63) is 42.5 Å². The molecule has 0 heterocycles. The Balaban J connectivity index is 2.28. The number of carbonyl (C=O) groups excluding carboxylic acids is 2. The number of esters is 1. The van der Waals surface area contributed by atoms with Gasteiger partial charge in [-0.15, -0.1) is 0 Å². The molecule has 1 amide bonds. The van der Waals surface area contributed by atoms with E-state index in [-0.39, 0.29) is 12.0 Å². The van der Waals surface area contributed by atoms with Gasteiger partial charge in [-0.2, -0.15) is 0 Å². The number of ether oxygens (including phenoxy) is 2. The standard InChI is InChI=1S/C16H21NO4/c1-4-15(18)21-12(2)6-5-11-20-14-9-7-13(8-10-14)16(19)17-3/h4,7-10,12H,1,5-6,11H2,2-3H3,(H,17,19). The van der Waals surface area contributed by atoms with Crippen molar-refractivity contribution in [3.63, 3.8) is 0 Å². The number of nitrogens with one attached hydrogen (secondary N) is 1. The van der Waals surface area contributed by atoms with Crippen molar-refractivity contribution in [3.8, 4) is 5.75 Å². The summed E-state index contributed by atoms with van der Waals surface area (Å²) in [6.45, 7) is 5.70. The summed E-state index contributed by atoms with van der Waals surface area (Å²) < 4.78 is 10.6. The highest BCUT2D eigenvalue weighted by Crippen LogP contribution is 2.13. The van der Waals surface area contributed by atoms with Gasteiger partial charge >= 0.3 is 5.97 Å². The molecule has 21 heavy (non-hydrogen) atoms. The molecule has 1 N–H and O–H groups in total. The Hall–Kier alpha value is -2.30. The molecule has 0 saturated heterocycles. The second-order valence-corrected chi connectivity index (χ2v) is 4.55. The Labute approximate surface area is 124 Å². The Bertz CT molecular complexity index is 482. The van der Waals surface area contributed by atoms with Crippen LogP contribution in [0.3, 0.4) is 0 Å². The minimum atomic E-state index is -0.409. The van der Waals surface area contributed by atoms with E-state index in [1.165, 1.54) is 0 Å². The molecule has 1 atom stereocenters. The van der Waals surface area contributed by atoms with Crippen molar-refractivity contribution in [1.29, 1.82) is 0 Å². The fourth-order valence-corrected chi connectivity index (χ4v) is 1.71. The Morgan fingerprint density at radius 1 is 1.33 bits per heavy atom. The predicted molar refractivity (Wildman–Crippen MR) is 80.3 cm³/mol. The average Bonchev–Trinajstić information content (AvgIpc) is 2.51. The molecule has 0 aromatic heterocycles. The molecule has 0 fully saturated rings. The summed E-state index contributed by atoms with van der Waals surface area (Å²) in [6.07, 6.45) is 2.48. The SMILES string of the molecule is C=CC(=O)OC(C)CCCOc1ccc(C(=O)NC)cc1. The lowest BCUT2D eigenvalue weighted by Gasteiger charge is -2.12. The zero-order valence-corrected chi connectivity index (χ0v) is 12.4. The smallest absolute Gasteiger partial charge is 0.330 e. The topological polar surface area (TPSA) is 64.6 Å². The van der Waals surface area contributed by atoms with Gasteiger partial charge in [-0.05, 0) is 44.0 Å². The number of rotatable bonds is 8. The Kier molecular flexibility index (Phi) is 7.01. The number of hydrogen-bond donors (Lipinski definition) is 1. The van der Waals surface area contributed by atoms with Crippen LogP contribution in [0.25, 0.3) is 0 Å². The Morgan fingerprint density at radius 3 is 2.57 bits per heavy atom. The van der Waals surface area contributed by atoms with Gasteiger partial charge in [-0.1, -0.05) is 6.58 Å². The first kappa shape index (κ1) is 16.8. The molecule has 1 rings (SSSR count). The molecular formula is C16H21NO4. The minimum absolute atomic E-state index is 0.126. The van der Waals surface area contributed by atoms with Gasteiger partial charge < -0.3 is 14.8 Å². The van der Waals surface area contributed by atoms with E-state index in [4.69, 9.17) is 9.47 Å². The number of amides is 1. The highest BCUT2D eigenvalue weighted by molar-refractivity contribution is 5.94. The number of benzene rings is 1. The van der Waals surface area contributed by atoms with Crippen LogP contribution in [0.5, 0.6) is 5.75 Å². The van der Waals surface area contributed by atoms with E-state index in [0.717, 1.165) is 18.9 Å². The summed E-state index contributed by atoms with van der Waals surface area (Å²) in [6, 6.07) is 6.93. The van der Waals surface area contributed by atoms with E-state index in [1.54, 1.807) is 31.3 Å². The lowest BCUT2D eigenvalue weighted by molar-refractivity contribution is -0.142.